The zero-order chi connectivity index (χ0) is 13.2. The van der Waals surface area contributed by atoms with Crippen LogP contribution in [0.2, 0.25) is 0 Å². The maximum Gasteiger partial charge on any atom is 0.278 e. The second kappa shape index (κ2) is 4.97. The fourth-order valence-corrected chi connectivity index (χ4v) is 3.24. The minimum Gasteiger partial charge on any atom is -0.394 e. The predicted molar refractivity (Wildman–Crippen MR) is 69.1 cm³/mol. The van der Waals surface area contributed by atoms with Crippen molar-refractivity contribution in [3.05, 3.63) is 35.9 Å². The molecule has 0 saturated heterocycles. The van der Waals surface area contributed by atoms with Crippen LogP contribution in [0.3, 0.4) is 0 Å². The molecule has 2 rings (SSSR count). The number of aliphatic hydroxyl groups is 1. The van der Waals surface area contributed by atoms with Crippen LogP contribution in [0.25, 0.3) is 0 Å². The van der Waals surface area contributed by atoms with Crippen molar-refractivity contribution in [3.63, 3.8) is 0 Å². The van der Waals surface area contributed by atoms with Crippen molar-refractivity contribution in [2.24, 2.45) is 0 Å². The zero-order valence-corrected chi connectivity index (χ0v) is 11.1. The molecule has 0 aromatic heterocycles. The minimum atomic E-state index is -3.60. The summed E-state index contributed by atoms with van der Waals surface area (Å²) in [5.41, 5.74) is -0.282. The molecule has 6 heteroatoms. The molecule has 1 aromatic rings. The molecule has 0 bridgehead atoms. The van der Waals surface area contributed by atoms with Crippen LogP contribution < -0.4 is 9.44 Å². The lowest BCUT2D eigenvalue weighted by atomic mass is 9.94. The van der Waals surface area contributed by atoms with Gasteiger partial charge in [0.15, 0.2) is 0 Å². The van der Waals surface area contributed by atoms with Gasteiger partial charge in [-0.1, -0.05) is 30.3 Å². The maximum atomic E-state index is 11.9. The van der Waals surface area contributed by atoms with Gasteiger partial charge in [-0.25, -0.2) is 0 Å². The highest BCUT2D eigenvalue weighted by Gasteiger charge is 2.34. The normalized spacial score (nSPS) is 19.4. The van der Waals surface area contributed by atoms with Crippen molar-refractivity contribution >= 4 is 10.2 Å². The first kappa shape index (κ1) is 13.5. The molecule has 0 spiro atoms. The van der Waals surface area contributed by atoms with Gasteiger partial charge >= 0.3 is 0 Å². The molecule has 1 unspecified atom stereocenters. The summed E-state index contributed by atoms with van der Waals surface area (Å²) in [4.78, 5) is 0. The van der Waals surface area contributed by atoms with E-state index in [0.717, 1.165) is 18.4 Å². The fraction of sp³-hybridized carbons (Fsp3) is 0.500. The number of hydrogen-bond donors (Lipinski definition) is 3. The van der Waals surface area contributed by atoms with Crippen molar-refractivity contribution in [1.29, 1.82) is 0 Å². The summed E-state index contributed by atoms with van der Waals surface area (Å²) < 4.78 is 28.8. The molecule has 1 aromatic carbocycles. The summed E-state index contributed by atoms with van der Waals surface area (Å²) in [5, 5.41) is 9.50. The van der Waals surface area contributed by atoms with Gasteiger partial charge < -0.3 is 5.11 Å². The van der Waals surface area contributed by atoms with E-state index in [4.69, 9.17) is 0 Å². The Morgan fingerprint density at radius 2 is 1.94 bits per heavy atom. The second-order valence-electron chi connectivity index (χ2n) is 4.85. The van der Waals surface area contributed by atoms with Crippen LogP contribution in [0, 0.1) is 0 Å². The van der Waals surface area contributed by atoms with Crippen molar-refractivity contribution in [3.8, 4) is 0 Å². The molecular formula is C12H18N2O3S. The third-order valence-corrected chi connectivity index (χ3v) is 4.35. The number of hydrogen-bond acceptors (Lipinski definition) is 3. The Labute approximate surface area is 107 Å². The van der Waals surface area contributed by atoms with Gasteiger partial charge in [-0.15, -0.1) is 0 Å². The lowest BCUT2D eigenvalue weighted by Crippen LogP contribution is -2.51. The SMILES string of the molecule is CC(CO)(NS(=O)(=O)NC1CC1)c1ccccc1. The molecule has 1 atom stereocenters. The van der Waals surface area contributed by atoms with Crippen LogP contribution >= 0.6 is 0 Å². The van der Waals surface area contributed by atoms with Gasteiger partial charge in [0.1, 0.15) is 0 Å². The first-order chi connectivity index (χ1) is 8.45. The first-order valence-electron chi connectivity index (χ1n) is 5.93. The van der Waals surface area contributed by atoms with Crippen LogP contribution in [0.1, 0.15) is 25.3 Å². The summed E-state index contributed by atoms with van der Waals surface area (Å²) in [6.07, 6.45) is 1.75. The fourth-order valence-electron chi connectivity index (χ4n) is 1.74. The topological polar surface area (TPSA) is 78.4 Å². The van der Waals surface area contributed by atoms with E-state index in [9.17, 15) is 13.5 Å². The summed E-state index contributed by atoms with van der Waals surface area (Å²) in [5.74, 6) is 0. The summed E-state index contributed by atoms with van der Waals surface area (Å²) in [6.45, 7) is 1.36. The average molecular weight is 270 g/mol. The molecule has 0 radical (unpaired) electrons. The van der Waals surface area contributed by atoms with Crippen molar-refractivity contribution in [1.82, 2.24) is 9.44 Å². The summed E-state index contributed by atoms with van der Waals surface area (Å²) in [7, 11) is -3.60. The Kier molecular flexibility index (Phi) is 3.72. The van der Waals surface area contributed by atoms with Crippen LogP contribution in [-0.4, -0.2) is 26.2 Å². The lowest BCUT2D eigenvalue weighted by molar-refractivity contribution is 0.195. The van der Waals surface area contributed by atoms with E-state index in [1.165, 1.54) is 0 Å². The van der Waals surface area contributed by atoms with Gasteiger partial charge in [-0.2, -0.15) is 17.9 Å². The maximum absolute atomic E-state index is 11.9. The Morgan fingerprint density at radius 3 is 2.44 bits per heavy atom. The summed E-state index contributed by atoms with van der Waals surface area (Å²) in [6, 6.07) is 9.09. The standard InChI is InChI=1S/C12H18N2O3S/c1-12(9-15,10-5-3-2-4-6-10)14-18(16,17)13-11-7-8-11/h2-6,11,13-15H,7-9H2,1H3. The van der Waals surface area contributed by atoms with Crippen molar-refractivity contribution in [2.75, 3.05) is 6.61 Å². The highest BCUT2D eigenvalue weighted by Crippen LogP contribution is 2.23. The van der Waals surface area contributed by atoms with Crippen LogP contribution in [0.5, 0.6) is 0 Å². The zero-order valence-electron chi connectivity index (χ0n) is 10.3. The van der Waals surface area contributed by atoms with E-state index >= 15 is 0 Å². The van der Waals surface area contributed by atoms with Gasteiger partial charge in [-0.3, -0.25) is 0 Å². The molecule has 1 fully saturated rings. The minimum absolute atomic E-state index is 0.0428. The number of nitrogens with one attached hydrogen (secondary N) is 2. The lowest BCUT2D eigenvalue weighted by Gasteiger charge is -2.29. The summed E-state index contributed by atoms with van der Waals surface area (Å²) >= 11 is 0. The Morgan fingerprint density at radius 1 is 1.33 bits per heavy atom. The van der Waals surface area contributed by atoms with Gasteiger partial charge in [0.25, 0.3) is 10.2 Å². The molecule has 1 aliphatic rings. The van der Waals surface area contributed by atoms with E-state index in [1.807, 2.05) is 18.2 Å². The van der Waals surface area contributed by atoms with E-state index in [1.54, 1.807) is 19.1 Å². The van der Waals surface area contributed by atoms with Gasteiger partial charge in [0.05, 0.1) is 12.1 Å². The Balaban J connectivity index is 2.17. The molecule has 3 N–H and O–H groups in total. The number of rotatable bonds is 6. The van der Waals surface area contributed by atoms with Crippen molar-refractivity contribution < 1.29 is 13.5 Å². The molecule has 5 nitrogen and oxygen atoms in total. The Bertz CT molecular complexity index is 499. The quantitative estimate of drug-likeness (QED) is 0.703. The molecule has 18 heavy (non-hydrogen) atoms. The monoisotopic (exact) mass is 270 g/mol. The van der Waals surface area contributed by atoms with Gasteiger partial charge in [0, 0.05) is 6.04 Å². The number of aliphatic hydroxyl groups excluding tert-OH is 1. The molecular weight excluding hydrogens is 252 g/mol. The molecule has 0 heterocycles. The smallest absolute Gasteiger partial charge is 0.278 e. The third-order valence-electron chi connectivity index (χ3n) is 2.99. The highest BCUT2D eigenvalue weighted by molar-refractivity contribution is 7.87. The molecule has 1 saturated carbocycles. The van der Waals surface area contributed by atoms with E-state index in [-0.39, 0.29) is 12.6 Å². The average Bonchev–Trinajstić information content (AvgIpc) is 3.12. The predicted octanol–water partition coefficient (Wildman–Crippen LogP) is 0.480. The molecule has 100 valence electrons. The van der Waals surface area contributed by atoms with Crippen LogP contribution in [0.4, 0.5) is 0 Å². The second-order valence-corrected chi connectivity index (χ2v) is 6.30. The molecule has 1 aliphatic carbocycles. The highest BCUT2D eigenvalue weighted by atomic mass is 32.2. The largest absolute Gasteiger partial charge is 0.394 e. The van der Waals surface area contributed by atoms with Crippen molar-refractivity contribution in [2.45, 2.75) is 31.3 Å². The molecule has 0 amide bonds. The van der Waals surface area contributed by atoms with E-state index < -0.39 is 15.7 Å². The van der Waals surface area contributed by atoms with Gasteiger partial charge in [0.2, 0.25) is 0 Å². The third kappa shape index (κ3) is 3.29. The Hall–Kier alpha value is -0.950. The molecule has 0 aliphatic heterocycles. The van der Waals surface area contributed by atoms with Crippen LogP contribution in [0.15, 0.2) is 30.3 Å². The number of benzene rings is 1. The van der Waals surface area contributed by atoms with Gasteiger partial charge in [-0.05, 0) is 25.3 Å². The van der Waals surface area contributed by atoms with E-state index in [2.05, 4.69) is 9.44 Å². The first-order valence-corrected chi connectivity index (χ1v) is 7.41. The van der Waals surface area contributed by atoms with Crippen LogP contribution in [-0.2, 0) is 15.7 Å². The van der Waals surface area contributed by atoms with E-state index in [0.29, 0.717) is 0 Å².